The van der Waals surface area contributed by atoms with Crippen LogP contribution in [0.5, 0.6) is 0 Å². The van der Waals surface area contributed by atoms with Crippen LogP contribution in [0, 0.1) is 0 Å². The van der Waals surface area contributed by atoms with E-state index in [9.17, 15) is 0 Å². The van der Waals surface area contributed by atoms with Crippen LogP contribution < -0.4 is 5.32 Å². The average Bonchev–Trinajstić information content (AvgIpc) is 2.68. The molecule has 0 aliphatic heterocycles. The van der Waals surface area contributed by atoms with Crippen LogP contribution in [0.25, 0.3) is 0 Å². The first-order valence-electron chi connectivity index (χ1n) is 5.84. The zero-order valence-corrected chi connectivity index (χ0v) is 10.1. The van der Waals surface area contributed by atoms with Crippen molar-refractivity contribution < 1.29 is 4.74 Å². The Balaban J connectivity index is 1.88. The number of hydrogen-bond donors (Lipinski definition) is 1. The molecule has 0 saturated carbocycles. The second-order valence-electron chi connectivity index (χ2n) is 3.69. The van der Waals surface area contributed by atoms with Crippen molar-refractivity contribution in [1.29, 1.82) is 0 Å². The monoisotopic (exact) mass is 227 g/mol. The Kier molecular flexibility index (Phi) is 6.67. The number of rotatable bonds is 9. The minimum Gasteiger partial charge on any atom is -0.381 e. The fraction of sp³-hybridized carbons (Fsp3) is 0.900. The smallest absolute Gasteiger partial charge is 0.188 e. The summed E-state index contributed by atoms with van der Waals surface area (Å²) in [5.74, 6) is 0.731. The Morgan fingerprint density at radius 3 is 2.81 bits per heavy atom. The molecule has 0 aliphatic carbocycles. The first-order valence-corrected chi connectivity index (χ1v) is 5.84. The van der Waals surface area contributed by atoms with Crippen molar-refractivity contribution in [3.8, 4) is 0 Å². The molecular weight excluding hydrogens is 206 g/mol. The topological polar surface area (TPSA) is 64.9 Å². The summed E-state index contributed by atoms with van der Waals surface area (Å²) >= 11 is 0. The maximum absolute atomic E-state index is 5.44. The lowest BCUT2D eigenvalue weighted by Crippen LogP contribution is -2.17. The second-order valence-corrected chi connectivity index (χ2v) is 3.69. The molecule has 0 atom stereocenters. The Labute approximate surface area is 96.4 Å². The summed E-state index contributed by atoms with van der Waals surface area (Å²) in [6.07, 6.45) is 3.36. The number of aromatic nitrogens is 4. The largest absolute Gasteiger partial charge is 0.381 e. The van der Waals surface area contributed by atoms with E-state index in [2.05, 4.69) is 27.7 Å². The molecule has 0 spiro atoms. The molecule has 16 heavy (non-hydrogen) atoms. The van der Waals surface area contributed by atoms with Gasteiger partial charge in [0.15, 0.2) is 5.82 Å². The molecule has 92 valence electrons. The summed E-state index contributed by atoms with van der Waals surface area (Å²) in [5.41, 5.74) is 0. The Morgan fingerprint density at radius 1 is 1.31 bits per heavy atom. The summed E-state index contributed by atoms with van der Waals surface area (Å²) in [4.78, 5) is 1.46. The summed E-state index contributed by atoms with van der Waals surface area (Å²) in [6.45, 7) is 5.45. The van der Waals surface area contributed by atoms with Crippen LogP contribution in [0.15, 0.2) is 0 Å². The highest BCUT2D eigenvalue weighted by Gasteiger charge is 1.98. The Bertz CT molecular complexity index is 276. The molecule has 1 rings (SSSR count). The molecular formula is C10H21N5O. The standard InChI is InChI=1S/C10H21N5O/c1-3-4-7-16-8-5-6-11-9-10-12-14-15(2)13-10/h11H,3-9H2,1-2H3. The van der Waals surface area contributed by atoms with Crippen LogP contribution in [-0.4, -0.2) is 40.0 Å². The predicted molar refractivity (Wildman–Crippen MR) is 60.8 cm³/mol. The molecule has 0 radical (unpaired) electrons. The molecule has 1 N–H and O–H groups in total. The molecule has 0 amide bonds. The van der Waals surface area contributed by atoms with E-state index in [4.69, 9.17) is 4.74 Å². The molecule has 1 heterocycles. The van der Waals surface area contributed by atoms with Gasteiger partial charge in [-0.05, 0) is 24.6 Å². The highest BCUT2D eigenvalue weighted by atomic mass is 16.5. The molecule has 0 bridgehead atoms. The SMILES string of the molecule is CCCCOCCCNCc1nnn(C)n1. The molecule has 6 nitrogen and oxygen atoms in total. The molecule has 1 aromatic rings. The van der Waals surface area contributed by atoms with Crippen molar-refractivity contribution >= 4 is 0 Å². The van der Waals surface area contributed by atoms with Gasteiger partial charge < -0.3 is 10.1 Å². The number of ether oxygens (including phenoxy) is 1. The van der Waals surface area contributed by atoms with Gasteiger partial charge in [-0.25, -0.2) is 0 Å². The first kappa shape index (κ1) is 13.1. The second kappa shape index (κ2) is 8.18. The quantitative estimate of drug-likeness (QED) is 0.623. The normalized spacial score (nSPS) is 10.9. The van der Waals surface area contributed by atoms with Gasteiger partial charge in [0.1, 0.15) is 0 Å². The zero-order chi connectivity index (χ0) is 11.6. The fourth-order valence-electron chi connectivity index (χ4n) is 1.24. The Hall–Kier alpha value is -1.01. The fourth-order valence-corrected chi connectivity index (χ4v) is 1.24. The molecule has 0 unspecified atom stereocenters. The van der Waals surface area contributed by atoms with Crippen molar-refractivity contribution in [2.45, 2.75) is 32.7 Å². The van der Waals surface area contributed by atoms with Crippen LogP contribution in [0.2, 0.25) is 0 Å². The van der Waals surface area contributed by atoms with Gasteiger partial charge in [0.2, 0.25) is 0 Å². The highest BCUT2D eigenvalue weighted by Crippen LogP contribution is 1.89. The van der Waals surface area contributed by atoms with Crippen molar-refractivity contribution in [3.05, 3.63) is 5.82 Å². The van der Waals surface area contributed by atoms with Gasteiger partial charge in [0.25, 0.3) is 0 Å². The first-order chi connectivity index (χ1) is 7.83. The van der Waals surface area contributed by atoms with E-state index >= 15 is 0 Å². The lowest BCUT2D eigenvalue weighted by Gasteiger charge is -2.03. The van der Waals surface area contributed by atoms with Gasteiger partial charge in [0, 0.05) is 13.2 Å². The van der Waals surface area contributed by atoms with Gasteiger partial charge >= 0.3 is 0 Å². The molecule has 0 fully saturated rings. The van der Waals surface area contributed by atoms with Crippen LogP contribution in [0.3, 0.4) is 0 Å². The van der Waals surface area contributed by atoms with Crippen LogP contribution >= 0.6 is 0 Å². The third-order valence-corrected chi connectivity index (χ3v) is 2.12. The number of nitrogens with one attached hydrogen (secondary N) is 1. The van der Waals surface area contributed by atoms with E-state index in [1.807, 2.05) is 0 Å². The van der Waals surface area contributed by atoms with E-state index in [1.54, 1.807) is 7.05 Å². The number of aryl methyl sites for hydroxylation is 1. The van der Waals surface area contributed by atoms with Gasteiger partial charge in [-0.1, -0.05) is 13.3 Å². The number of unbranched alkanes of at least 4 members (excludes halogenated alkanes) is 1. The minimum atomic E-state index is 0.669. The molecule has 6 heteroatoms. The average molecular weight is 227 g/mol. The maximum atomic E-state index is 5.44. The summed E-state index contributed by atoms with van der Waals surface area (Å²) in [6, 6.07) is 0. The zero-order valence-electron chi connectivity index (χ0n) is 10.1. The molecule has 0 aliphatic rings. The van der Waals surface area contributed by atoms with E-state index in [-0.39, 0.29) is 0 Å². The van der Waals surface area contributed by atoms with E-state index in [1.165, 1.54) is 11.2 Å². The van der Waals surface area contributed by atoms with E-state index in [0.717, 1.165) is 38.4 Å². The van der Waals surface area contributed by atoms with Crippen molar-refractivity contribution in [2.24, 2.45) is 7.05 Å². The summed E-state index contributed by atoms with van der Waals surface area (Å²) < 4.78 is 5.44. The van der Waals surface area contributed by atoms with E-state index in [0.29, 0.717) is 6.54 Å². The number of tetrazole rings is 1. The van der Waals surface area contributed by atoms with Crippen molar-refractivity contribution in [1.82, 2.24) is 25.5 Å². The number of nitrogens with zero attached hydrogens (tertiary/aromatic N) is 4. The molecule has 0 aromatic carbocycles. The van der Waals surface area contributed by atoms with Gasteiger partial charge in [0.05, 0.1) is 13.6 Å². The molecule has 1 aromatic heterocycles. The summed E-state index contributed by atoms with van der Waals surface area (Å²) in [5, 5.41) is 15.0. The Morgan fingerprint density at radius 2 is 2.12 bits per heavy atom. The van der Waals surface area contributed by atoms with Crippen LogP contribution in [0.4, 0.5) is 0 Å². The third-order valence-electron chi connectivity index (χ3n) is 2.12. The van der Waals surface area contributed by atoms with Gasteiger partial charge in [-0.2, -0.15) is 4.80 Å². The lowest BCUT2D eigenvalue weighted by molar-refractivity contribution is 0.128. The summed E-state index contributed by atoms with van der Waals surface area (Å²) in [7, 11) is 1.76. The predicted octanol–water partition coefficient (Wildman–Crippen LogP) is 0.507. The lowest BCUT2D eigenvalue weighted by atomic mass is 10.3. The van der Waals surface area contributed by atoms with E-state index < -0.39 is 0 Å². The third kappa shape index (κ3) is 5.77. The minimum absolute atomic E-state index is 0.669. The van der Waals surface area contributed by atoms with Gasteiger partial charge in [-0.3, -0.25) is 0 Å². The number of hydrogen-bond acceptors (Lipinski definition) is 5. The van der Waals surface area contributed by atoms with Crippen molar-refractivity contribution in [2.75, 3.05) is 19.8 Å². The van der Waals surface area contributed by atoms with Gasteiger partial charge in [-0.15, -0.1) is 10.2 Å². The maximum Gasteiger partial charge on any atom is 0.188 e. The van der Waals surface area contributed by atoms with Crippen LogP contribution in [-0.2, 0) is 18.3 Å². The highest BCUT2D eigenvalue weighted by molar-refractivity contribution is 4.74. The van der Waals surface area contributed by atoms with Crippen LogP contribution in [0.1, 0.15) is 32.0 Å². The van der Waals surface area contributed by atoms with Crippen molar-refractivity contribution in [3.63, 3.8) is 0 Å². The molecule has 0 saturated heterocycles.